The van der Waals surface area contributed by atoms with Crippen LogP contribution in [0.4, 0.5) is 23.3 Å². The lowest BCUT2D eigenvalue weighted by atomic mass is 10.2. The number of ether oxygens (including phenoxy) is 3. The van der Waals surface area contributed by atoms with E-state index in [1.165, 1.54) is 0 Å². The molecule has 0 aliphatic carbocycles. The first-order chi connectivity index (χ1) is 15.2. The van der Waals surface area contributed by atoms with E-state index in [-0.39, 0.29) is 5.92 Å². The van der Waals surface area contributed by atoms with E-state index in [1.54, 1.807) is 39.5 Å². The van der Waals surface area contributed by atoms with Crippen LogP contribution >= 0.6 is 23.2 Å². The van der Waals surface area contributed by atoms with Gasteiger partial charge >= 0.3 is 0 Å². The summed E-state index contributed by atoms with van der Waals surface area (Å²) < 4.78 is 16.1. The zero-order valence-electron chi connectivity index (χ0n) is 18.7. The van der Waals surface area contributed by atoms with Crippen molar-refractivity contribution in [2.75, 3.05) is 32.0 Å². The van der Waals surface area contributed by atoms with Crippen molar-refractivity contribution < 1.29 is 14.2 Å². The van der Waals surface area contributed by atoms with E-state index in [0.717, 1.165) is 11.3 Å². The van der Waals surface area contributed by atoms with Crippen molar-refractivity contribution in [2.45, 2.75) is 26.7 Å². The van der Waals surface area contributed by atoms with Crippen LogP contribution in [0.2, 0.25) is 10.0 Å². The summed E-state index contributed by atoms with van der Waals surface area (Å²) in [4.78, 5) is 13.6. The van der Waals surface area contributed by atoms with Crippen molar-refractivity contribution in [3.8, 4) is 17.2 Å². The maximum Gasteiger partial charge on any atom is 0.232 e. The Balaban J connectivity index is 2.01. The van der Waals surface area contributed by atoms with Crippen LogP contribution in [0.5, 0.6) is 17.2 Å². The minimum atomic E-state index is 0.0709. The predicted molar refractivity (Wildman–Crippen MR) is 128 cm³/mol. The summed E-state index contributed by atoms with van der Waals surface area (Å²) in [6.07, 6.45) is 0. The Kier molecular flexibility index (Phi) is 7.48. The standard InChI is InChI=1S/C22H25Cl2N5O3/c1-11(2)20-27-21(25-15-9-17(30-4)13(23)7-12(15)3)29-22(28-20)26-16-10-18(31-5)14(24)8-19(16)32-6/h7-11H,1-6H3,(H2,25,26,27,28,29). The van der Waals surface area contributed by atoms with E-state index in [2.05, 4.69) is 25.6 Å². The van der Waals surface area contributed by atoms with Crippen molar-refractivity contribution in [3.63, 3.8) is 0 Å². The summed E-state index contributed by atoms with van der Waals surface area (Å²) in [6.45, 7) is 5.94. The third-order valence-electron chi connectivity index (χ3n) is 4.63. The number of nitrogens with zero attached hydrogens (tertiary/aromatic N) is 3. The number of halogens is 2. The van der Waals surface area contributed by atoms with Crippen molar-refractivity contribution in [3.05, 3.63) is 45.7 Å². The van der Waals surface area contributed by atoms with Crippen LogP contribution in [0.15, 0.2) is 24.3 Å². The summed E-state index contributed by atoms with van der Waals surface area (Å²) in [5, 5.41) is 7.38. The Morgan fingerprint density at radius 3 is 1.75 bits per heavy atom. The summed E-state index contributed by atoms with van der Waals surface area (Å²) in [6, 6.07) is 7.01. The Labute approximate surface area is 197 Å². The number of benzene rings is 2. The summed E-state index contributed by atoms with van der Waals surface area (Å²) >= 11 is 12.4. The highest BCUT2D eigenvalue weighted by molar-refractivity contribution is 6.32. The van der Waals surface area contributed by atoms with Gasteiger partial charge in [0.05, 0.1) is 37.1 Å². The van der Waals surface area contributed by atoms with Crippen LogP contribution in [0, 0.1) is 6.92 Å². The number of aryl methyl sites for hydroxylation is 1. The molecule has 0 radical (unpaired) electrons. The van der Waals surface area contributed by atoms with Gasteiger partial charge in [0.1, 0.15) is 23.1 Å². The quantitative estimate of drug-likeness (QED) is 0.400. The highest BCUT2D eigenvalue weighted by Gasteiger charge is 2.15. The lowest BCUT2D eigenvalue weighted by molar-refractivity contribution is 0.405. The first-order valence-electron chi connectivity index (χ1n) is 9.81. The third-order valence-corrected chi connectivity index (χ3v) is 5.23. The van der Waals surface area contributed by atoms with Gasteiger partial charge in [-0.05, 0) is 18.6 Å². The smallest absolute Gasteiger partial charge is 0.232 e. The van der Waals surface area contributed by atoms with Crippen molar-refractivity contribution >= 4 is 46.5 Å². The Morgan fingerprint density at radius 2 is 1.22 bits per heavy atom. The van der Waals surface area contributed by atoms with Gasteiger partial charge in [-0.2, -0.15) is 15.0 Å². The van der Waals surface area contributed by atoms with E-state index in [0.29, 0.717) is 50.7 Å². The molecular weight excluding hydrogens is 453 g/mol. The lowest BCUT2D eigenvalue weighted by Gasteiger charge is -2.16. The molecule has 0 aliphatic rings. The van der Waals surface area contributed by atoms with Gasteiger partial charge in [0, 0.05) is 29.8 Å². The molecule has 32 heavy (non-hydrogen) atoms. The fourth-order valence-electron chi connectivity index (χ4n) is 2.91. The monoisotopic (exact) mass is 477 g/mol. The van der Waals surface area contributed by atoms with Crippen LogP contribution in [0.1, 0.15) is 31.2 Å². The lowest BCUT2D eigenvalue weighted by Crippen LogP contribution is -2.09. The normalized spacial score (nSPS) is 10.8. The molecule has 2 aromatic carbocycles. The van der Waals surface area contributed by atoms with Crippen molar-refractivity contribution in [1.82, 2.24) is 15.0 Å². The van der Waals surface area contributed by atoms with Gasteiger partial charge in [0.2, 0.25) is 11.9 Å². The number of nitrogens with one attached hydrogen (secondary N) is 2. The Hall–Kier alpha value is -2.97. The molecular formula is C22H25Cl2N5O3. The van der Waals surface area contributed by atoms with Crippen LogP contribution in [-0.2, 0) is 0 Å². The molecule has 0 saturated carbocycles. The van der Waals surface area contributed by atoms with Gasteiger partial charge in [0.25, 0.3) is 0 Å². The molecule has 8 nitrogen and oxygen atoms in total. The summed E-state index contributed by atoms with van der Waals surface area (Å²) in [5.41, 5.74) is 2.29. The number of rotatable bonds is 8. The highest BCUT2D eigenvalue weighted by Crippen LogP contribution is 2.37. The van der Waals surface area contributed by atoms with E-state index in [1.807, 2.05) is 26.8 Å². The molecule has 0 aliphatic heterocycles. The molecule has 0 spiro atoms. The molecule has 0 fully saturated rings. The first kappa shape index (κ1) is 23.7. The zero-order chi connectivity index (χ0) is 23.4. The van der Waals surface area contributed by atoms with Crippen LogP contribution in [-0.4, -0.2) is 36.3 Å². The van der Waals surface area contributed by atoms with E-state index in [9.17, 15) is 0 Å². The maximum absolute atomic E-state index is 6.22. The second-order valence-electron chi connectivity index (χ2n) is 7.23. The molecule has 10 heteroatoms. The van der Waals surface area contributed by atoms with E-state index >= 15 is 0 Å². The van der Waals surface area contributed by atoms with Crippen LogP contribution < -0.4 is 24.8 Å². The second-order valence-corrected chi connectivity index (χ2v) is 8.05. The van der Waals surface area contributed by atoms with Gasteiger partial charge in [-0.15, -0.1) is 0 Å². The number of hydrogen-bond donors (Lipinski definition) is 2. The molecule has 0 unspecified atom stereocenters. The molecule has 2 N–H and O–H groups in total. The van der Waals surface area contributed by atoms with Crippen LogP contribution in [0.3, 0.4) is 0 Å². The molecule has 1 heterocycles. The minimum Gasteiger partial charge on any atom is -0.495 e. The Bertz CT molecular complexity index is 1130. The Morgan fingerprint density at radius 1 is 0.719 bits per heavy atom. The molecule has 1 aromatic heterocycles. The average Bonchev–Trinajstić information content (AvgIpc) is 2.76. The number of anilines is 4. The number of methoxy groups -OCH3 is 3. The molecule has 0 bridgehead atoms. The molecule has 3 rings (SSSR count). The summed E-state index contributed by atoms with van der Waals surface area (Å²) in [5.74, 6) is 2.97. The van der Waals surface area contributed by atoms with Gasteiger partial charge < -0.3 is 24.8 Å². The molecule has 0 amide bonds. The third kappa shape index (κ3) is 5.26. The second kappa shape index (κ2) is 10.1. The summed E-state index contributed by atoms with van der Waals surface area (Å²) in [7, 11) is 4.66. The number of aromatic nitrogens is 3. The maximum atomic E-state index is 6.22. The van der Waals surface area contributed by atoms with Crippen LogP contribution in [0.25, 0.3) is 0 Å². The van der Waals surface area contributed by atoms with Crippen molar-refractivity contribution in [2.24, 2.45) is 0 Å². The fourth-order valence-corrected chi connectivity index (χ4v) is 3.43. The zero-order valence-corrected chi connectivity index (χ0v) is 20.2. The average molecular weight is 478 g/mol. The molecule has 3 aromatic rings. The minimum absolute atomic E-state index is 0.0709. The molecule has 0 saturated heterocycles. The molecule has 0 atom stereocenters. The highest BCUT2D eigenvalue weighted by atomic mass is 35.5. The van der Waals surface area contributed by atoms with Gasteiger partial charge in [-0.3, -0.25) is 0 Å². The van der Waals surface area contributed by atoms with Gasteiger partial charge in [-0.1, -0.05) is 37.0 Å². The molecule has 170 valence electrons. The first-order valence-corrected chi connectivity index (χ1v) is 10.6. The predicted octanol–water partition coefficient (Wildman–Crippen LogP) is 6.12. The van der Waals surface area contributed by atoms with E-state index in [4.69, 9.17) is 37.4 Å². The van der Waals surface area contributed by atoms with Crippen molar-refractivity contribution in [1.29, 1.82) is 0 Å². The van der Waals surface area contributed by atoms with Gasteiger partial charge in [-0.25, -0.2) is 0 Å². The topological polar surface area (TPSA) is 90.4 Å². The largest absolute Gasteiger partial charge is 0.495 e. The van der Waals surface area contributed by atoms with E-state index < -0.39 is 0 Å². The SMILES string of the molecule is COc1cc(Nc2nc(Nc3cc(OC)c(Cl)cc3OC)nc(C(C)C)n2)c(C)cc1Cl. The number of hydrogen-bond acceptors (Lipinski definition) is 8. The van der Waals surface area contributed by atoms with Gasteiger partial charge in [0.15, 0.2) is 0 Å². The fraction of sp³-hybridized carbons (Fsp3) is 0.318.